The zero-order valence-corrected chi connectivity index (χ0v) is 11.5. The van der Waals surface area contributed by atoms with E-state index in [0.29, 0.717) is 6.54 Å². The summed E-state index contributed by atoms with van der Waals surface area (Å²) in [6.07, 6.45) is -2.44. The van der Waals surface area contributed by atoms with Gasteiger partial charge in [-0.25, -0.2) is 8.78 Å². The third kappa shape index (κ3) is 3.47. The van der Waals surface area contributed by atoms with Crippen LogP contribution in [0.4, 0.5) is 14.5 Å². The molecule has 2 aromatic rings. The number of benzene rings is 2. The van der Waals surface area contributed by atoms with Gasteiger partial charge in [0.1, 0.15) is 5.75 Å². The Morgan fingerprint density at radius 1 is 1.15 bits per heavy atom. The van der Waals surface area contributed by atoms with Crippen LogP contribution in [0.15, 0.2) is 42.5 Å². The van der Waals surface area contributed by atoms with Crippen molar-refractivity contribution in [2.45, 2.75) is 19.9 Å². The van der Waals surface area contributed by atoms with Crippen LogP contribution in [0, 0.1) is 6.92 Å². The van der Waals surface area contributed by atoms with Crippen LogP contribution in [-0.2, 0) is 6.54 Å². The molecule has 0 amide bonds. The molecule has 0 heterocycles. The fraction of sp³-hybridized carbons (Fsp3) is 0.250. The van der Waals surface area contributed by atoms with Gasteiger partial charge >= 0.3 is 0 Å². The lowest BCUT2D eigenvalue weighted by Gasteiger charge is -2.12. The third-order valence-corrected chi connectivity index (χ3v) is 3.04. The topological polar surface area (TPSA) is 21.3 Å². The second-order valence-corrected chi connectivity index (χ2v) is 4.60. The molecular formula is C16H17F2NO. The van der Waals surface area contributed by atoms with E-state index in [1.54, 1.807) is 13.2 Å². The van der Waals surface area contributed by atoms with Gasteiger partial charge in [-0.1, -0.05) is 24.3 Å². The summed E-state index contributed by atoms with van der Waals surface area (Å²) in [5.41, 5.74) is 2.80. The zero-order valence-electron chi connectivity index (χ0n) is 11.5. The molecule has 0 saturated heterocycles. The maximum absolute atomic E-state index is 12.6. The van der Waals surface area contributed by atoms with E-state index in [2.05, 4.69) is 5.32 Å². The molecule has 0 atom stereocenters. The molecule has 0 aliphatic carbocycles. The first-order valence-corrected chi connectivity index (χ1v) is 6.35. The van der Waals surface area contributed by atoms with Gasteiger partial charge in [-0.3, -0.25) is 0 Å². The molecule has 0 bridgehead atoms. The second-order valence-electron chi connectivity index (χ2n) is 4.60. The Bertz CT molecular complexity index is 584. The molecule has 1 N–H and O–H groups in total. The minimum absolute atomic E-state index is 0.0418. The van der Waals surface area contributed by atoms with Gasteiger partial charge in [0.25, 0.3) is 6.43 Å². The lowest BCUT2D eigenvalue weighted by atomic mass is 10.1. The van der Waals surface area contributed by atoms with Gasteiger partial charge in [-0.15, -0.1) is 0 Å². The largest absolute Gasteiger partial charge is 0.495 e. The number of aryl methyl sites for hydroxylation is 1. The van der Waals surface area contributed by atoms with Gasteiger partial charge in [0.2, 0.25) is 0 Å². The first-order valence-electron chi connectivity index (χ1n) is 6.35. The smallest absolute Gasteiger partial charge is 0.263 e. The van der Waals surface area contributed by atoms with Gasteiger partial charge in [0, 0.05) is 12.1 Å². The van der Waals surface area contributed by atoms with Gasteiger partial charge in [0.05, 0.1) is 12.8 Å². The van der Waals surface area contributed by atoms with Crippen molar-refractivity contribution in [2.24, 2.45) is 0 Å². The minimum atomic E-state index is -2.44. The molecule has 0 fully saturated rings. The molecule has 0 spiro atoms. The lowest BCUT2D eigenvalue weighted by Crippen LogP contribution is -2.02. The number of ether oxygens (including phenoxy) is 1. The fourth-order valence-electron chi connectivity index (χ4n) is 1.98. The van der Waals surface area contributed by atoms with Crippen molar-refractivity contribution in [3.8, 4) is 5.75 Å². The number of alkyl halides is 2. The van der Waals surface area contributed by atoms with Crippen LogP contribution in [0.3, 0.4) is 0 Å². The van der Waals surface area contributed by atoms with E-state index in [-0.39, 0.29) is 5.56 Å². The van der Waals surface area contributed by atoms with Crippen molar-refractivity contribution in [1.29, 1.82) is 0 Å². The predicted octanol–water partition coefficient (Wildman–Crippen LogP) is 4.55. The van der Waals surface area contributed by atoms with E-state index in [4.69, 9.17) is 4.74 Å². The summed E-state index contributed by atoms with van der Waals surface area (Å²) in [4.78, 5) is 0. The van der Waals surface area contributed by atoms with Crippen molar-refractivity contribution in [1.82, 2.24) is 0 Å². The monoisotopic (exact) mass is 277 g/mol. The van der Waals surface area contributed by atoms with Crippen LogP contribution in [-0.4, -0.2) is 7.11 Å². The summed E-state index contributed by atoms with van der Waals surface area (Å²) < 4.78 is 30.6. The van der Waals surface area contributed by atoms with E-state index in [9.17, 15) is 8.78 Å². The fourth-order valence-corrected chi connectivity index (χ4v) is 1.98. The van der Waals surface area contributed by atoms with E-state index in [1.165, 1.54) is 12.1 Å². The van der Waals surface area contributed by atoms with Crippen LogP contribution < -0.4 is 10.1 Å². The van der Waals surface area contributed by atoms with Gasteiger partial charge in [-0.05, 0) is 36.2 Å². The second kappa shape index (κ2) is 6.37. The maximum atomic E-state index is 12.6. The number of rotatable bonds is 5. The molecule has 0 unspecified atom stereocenters. The predicted molar refractivity (Wildman–Crippen MR) is 76.5 cm³/mol. The summed E-state index contributed by atoms with van der Waals surface area (Å²) in [5.74, 6) is 0.745. The van der Waals surface area contributed by atoms with E-state index in [1.807, 2.05) is 31.2 Å². The molecule has 0 saturated carbocycles. The molecule has 0 aromatic heterocycles. The van der Waals surface area contributed by atoms with Crippen molar-refractivity contribution >= 4 is 5.69 Å². The number of anilines is 1. The van der Waals surface area contributed by atoms with E-state index < -0.39 is 6.43 Å². The third-order valence-electron chi connectivity index (χ3n) is 3.04. The quantitative estimate of drug-likeness (QED) is 0.865. The SMILES string of the molecule is COc1cc(C)ccc1NCc1cccc(C(F)F)c1. The Labute approximate surface area is 117 Å². The Morgan fingerprint density at radius 2 is 1.95 bits per heavy atom. The van der Waals surface area contributed by atoms with Crippen molar-refractivity contribution in [2.75, 3.05) is 12.4 Å². The van der Waals surface area contributed by atoms with Crippen molar-refractivity contribution in [3.05, 3.63) is 59.2 Å². The average Bonchev–Trinajstić information content (AvgIpc) is 2.46. The average molecular weight is 277 g/mol. The number of hydrogen-bond acceptors (Lipinski definition) is 2. The van der Waals surface area contributed by atoms with E-state index in [0.717, 1.165) is 22.6 Å². The molecule has 2 aromatic carbocycles. The van der Waals surface area contributed by atoms with E-state index >= 15 is 0 Å². The molecule has 0 aliphatic heterocycles. The molecule has 2 nitrogen and oxygen atoms in total. The van der Waals surface area contributed by atoms with Crippen molar-refractivity contribution in [3.63, 3.8) is 0 Å². The molecule has 0 radical (unpaired) electrons. The highest BCUT2D eigenvalue weighted by molar-refractivity contribution is 5.57. The van der Waals surface area contributed by atoms with Crippen LogP contribution >= 0.6 is 0 Å². The highest BCUT2D eigenvalue weighted by Gasteiger charge is 2.07. The number of halogens is 2. The van der Waals surface area contributed by atoms with Crippen LogP contribution in [0.5, 0.6) is 5.75 Å². The number of methoxy groups -OCH3 is 1. The molecular weight excluding hydrogens is 260 g/mol. The summed E-state index contributed by atoms with van der Waals surface area (Å²) in [6, 6.07) is 12.2. The normalized spacial score (nSPS) is 10.7. The lowest BCUT2D eigenvalue weighted by molar-refractivity contribution is 0.151. The first kappa shape index (κ1) is 14.3. The molecule has 106 valence electrons. The standard InChI is InChI=1S/C16H17F2NO/c1-11-6-7-14(15(8-11)20-2)19-10-12-4-3-5-13(9-12)16(17)18/h3-9,16,19H,10H2,1-2H3. The van der Waals surface area contributed by atoms with Gasteiger partial charge in [-0.2, -0.15) is 0 Å². The zero-order chi connectivity index (χ0) is 14.5. The molecule has 2 rings (SSSR count). The van der Waals surface area contributed by atoms with Gasteiger partial charge in [0.15, 0.2) is 0 Å². The Hall–Kier alpha value is -2.10. The Morgan fingerprint density at radius 3 is 2.65 bits per heavy atom. The highest BCUT2D eigenvalue weighted by Crippen LogP contribution is 2.26. The first-order chi connectivity index (χ1) is 9.60. The molecule has 20 heavy (non-hydrogen) atoms. The number of hydrogen-bond donors (Lipinski definition) is 1. The summed E-state index contributed by atoms with van der Waals surface area (Å²) in [5, 5.41) is 3.20. The maximum Gasteiger partial charge on any atom is 0.263 e. The number of nitrogens with one attached hydrogen (secondary N) is 1. The van der Waals surface area contributed by atoms with Crippen LogP contribution in [0.2, 0.25) is 0 Å². The molecule has 4 heteroatoms. The van der Waals surface area contributed by atoms with Gasteiger partial charge < -0.3 is 10.1 Å². The Balaban J connectivity index is 2.10. The summed E-state index contributed by atoms with van der Waals surface area (Å²) in [6.45, 7) is 2.46. The summed E-state index contributed by atoms with van der Waals surface area (Å²) in [7, 11) is 1.61. The highest BCUT2D eigenvalue weighted by atomic mass is 19.3. The summed E-state index contributed by atoms with van der Waals surface area (Å²) >= 11 is 0. The van der Waals surface area contributed by atoms with Crippen molar-refractivity contribution < 1.29 is 13.5 Å². The Kier molecular flexibility index (Phi) is 4.56. The van der Waals surface area contributed by atoms with Crippen LogP contribution in [0.1, 0.15) is 23.1 Å². The minimum Gasteiger partial charge on any atom is -0.495 e. The van der Waals surface area contributed by atoms with Crippen LogP contribution in [0.25, 0.3) is 0 Å². The molecule has 0 aliphatic rings.